The molecule has 32 heavy (non-hydrogen) atoms. The van der Waals surface area contributed by atoms with Crippen LogP contribution in [0.25, 0.3) is 16.9 Å². The molecule has 2 fully saturated rings. The first-order valence-electron chi connectivity index (χ1n) is 11.4. The van der Waals surface area contributed by atoms with Gasteiger partial charge in [-0.15, -0.1) is 0 Å². The fourth-order valence-electron chi connectivity index (χ4n) is 4.73. The number of rotatable bonds is 5. The Hall–Kier alpha value is -2.67. The summed E-state index contributed by atoms with van der Waals surface area (Å²) in [6.07, 6.45) is 3.44. The molecule has 0 atom stereocenters. The molecule has 0 bridgehead atoms. The third-order valence-corrected chi connectivity index (χ3v) is 6.81. The van der Waals surface area contributed by atoms with Crippen LogP contribution in [0.15, 0.2) is 54.6 Å². The van der Waals surface area contributed by atoms with Gasteiger partial charge in [-0.25, -0.2) is 4.68 Å². The van der Waals surface area contributed by atoms with Crippen molar-refractivity contribution in [1.82, 2.24) is 9.78 Å². The molecule has 1 saturated carbocycles. The van der Waals surface area contributed by atoms with E-state index in [4.69, 9.17) is 19.3 Å². The molecule has 0 unspecified atom stereocenters. The van der Waals surface area contributed by atoms with Gasteiger partial charge < -0.3 is 19.3 Å². The maximum Gasteiger partial charge on any atom is 0.168 e. The molecule has 2 heterocycles. The maximum atomic E-state index is 11.6. The summed E-state index contributed by atoms with van der Waals surface area (Å²) in [6.45, 7) is 3.41. The minimum absolute atomic E-state index is 0.524. The number of aliphatic hydroxyl groups is 1. The van der Waals surface area contributed by atoms with Crippen molar-refractivity contribution in [3.63, 3.8) is 0 Å². The van der Waals surface area contributed by atoms with Crippen LogP contribution in [0.5, 0.6) is 5.75 Å². The van der Waals surface area contributed by atoms with Crippen molar-refractivity contribution < 1.29 is 19.3 Å². The van der Waals surface area contributed by atoms with Crippen LogP contribution < -0.4 is 4.74 Å². The molecule has 6 nitrogen and oxygen atoms in total. The predicted octanol–water partition coefficient (Wildman–Crippen LogP) is 4.62. The zero-order chi connectivity index (χ0) is 22.2. The van der Waals surface area contributed by atoms with E-state index in [2.05, 4.69) is 31.2 Å². The molecular formula is C26H30N2O4. The minimum atomic E-state index is -1.00. The van der Waals surface area contributed by atoms with Crippen molar-refractivity contribution in [2.45, 2.75) is 50.4 Å². The molecule has 1 spiro atoms. The van der Waals surface area contributed by atoms with E-state index in [9.17, 15) is 5.11 Å². The van der Waals surface area contributed by atoms with Gasteiger partial charge >= 0.3 is 0 Å². The highest BCUT2D eigenvalue weighted by Crippen LogP contribution is 2.45. The fourth-order valence-corrected chi connectivity index (χ4v) is 4.73. The van der Waals surface area contributed by atoms with Gasteiger partial charge in [0.1, 0.15) is 11.4 Å². The van der Waals surface area contributed by atoms with Gasteiger partial charge in [0, 0.05) is 18.4 Å². The smallest absolute Gasteiger partial charge is 0.168 e. The van der Waals surface area contributed by atoms with Crippen molar-refractivity contribution in [1.29, 1.82) is 0 Å². The first-order valence-corrected chi connectivity index (χ1v) is 11.4. The van der Waals surface area contributed by atoms with Crippen molar-refractivity contribution in [3.05, 3.63) is 65.9 Å². The van der Waals surface area contributed by atoms with Gasteiger partial charge in [0.05, 0.1) is 37.4 Å². The molecule has 3 aromatic rings. The zero-order valence-corrected chi connectivity index (χ0v) is 18.7. The highest BCUT2D eigenvalue weighted by Gasteiger charge is 2.47. The van der Waals surface area contributed by atoms with Crippen LogP contribution in [-0.2, 0) is 21.5 Å². The summed E-state index contributed by atoms with van der Waals surface area (Å²) in [5, 5.41) is 16.5. The van der Waals surface area contributed by atoms with Gasteiger partial charge in [0.2, 0.25) is 0 Å². The van der Waals surface area contributed by atoms with Crippen molar-refractivity contribution in [2.24, 2.45) is 0 Å². The Labute approximate surface area is 188 Å². The second-order valence-electron chi connectivity index (χ2n) is 8.71. The number of ether oxygens (including phenoxy) is 3. The summed E-state index contributed by atoms with van der Waals surface area (Å²) in [5.41, 5.74) is 3.92. The molecule has 1 aromatic heterocycles. The minimum Gasteiger partial charge on any atom is -0.497 e. The molecule has 6 heteroatoms. The van der Waals surface area contributed by atoms with E-state index in [-0.39, 0.29) is 0 Å². The SMILES string of the molecule is CCc1ccc(-c2cc(C3(O)CCC4(CC3)OCCO4)nn2-c2ccc(OC)cc2)cc1. The van der Waals surface area contributed by atoms with Crippen LogP contribution >= 0.6 is 0 Å². The Kier molecular flexibility index (Phi) is 5.53. The number of aromatic nitrogens is 2. The van der Waals surface area contributed by atoms with Gasteiger partial charge in [-0.2, -0.15) is 5.10 Å². The highest BCUT2D eigenvalue weighted by molar-refractivity contribution is 5.63. The lowest BCUT2D eigenvalue weighted by molar-refractivity contribution is -0.204. The molecule has 1 saturated heterocycles. The van der Waals surface area contributed by atoms with Crippen LogP contribution in [0.2, 0.25) is 0 Å². The Bertz CT molecular complexity index is 991. The second kappa shape index (κ2) is 8.35. The number of hydrogen-bond donors (Lipinski definition) is 1. The van der Waals surface area contributed by atoms with E-state index in [0.29, 0.717) is 44.6 Å². The van der Waals surface area contributed by atoms with Gasteiger partial charge in [0.25, 0.3) is 0 Å². The molecule has 2 aromatic carbocycles. The summed E-state index contributed by atoms with van der Waals surface area (Å²) < 4.78 is 18.9. The Morgan fingerprint density at radius 3 is 2.22 bits per heavy atom. The molecule has 1 aliphatic carbocycles. The van der Waals surface area contributed by atoms with Crippen LogP contribution in [-0.4, -0.2) is 41.0 Å². The van der Waals surface area contributed by atoms with E-state index in [0.717, 1.165) is 29.1 Å². The van der Waals surface area contributed by atoms with E-state index < -0.39 is 11.4 Å². The molecule has 0 radical (unpaired) electrons. The van der Waals surface area contributed by atoms with Crippen LogP contribution in [0.1, 0.15) is 43.9 Å². The monoisotopic (exact) mass is 434 g/mol. The Morgan fingerprint density at radius 2 is 1.62 bits per heavy atom. The van der Waals surface area contributed by atoms with Crippen molar-refractivity contribution in [3.8, 4) is 22.7 Å². The summed E-state index contributed by atoms with van der Waals surface area (Å²) in [6, 6.07) is 18.4. The molecule has 1 N–H and O–H groups in total. The maximum absolute atomic E-state index is 11.6. The fraction of sp³-hybridized carbons (Fsp3) is 0.423. The van der Waals surface area contributed by atoms with Gasteiger partial charge in [0.15, 0.2) is 5.79 Å². The lowest BCUT2D eigenvalue weighted by Gasteiger charge is -2.39. The van der Waals surface area contributed by atoms with Crippen LogP contribution in [0.4, 0.5) is 0 Å². The van der Waals surface area contributed by atoms with E-state index in [1.165, 1.54) is 5.56 Å². The molecule has 1 aliphatic heterocycles. The molecule has 5 rings (SSSR count). The van der Waals surface area contributed by atoms with Crippen molar-refractivity contribution >= 4 is 0 Å². The standard InChI is InChI=1S/C26H30N2O4/c1-3-19-4-6-20(7-5-19)23-18-24(27-28(23)21-8-10-22(30-2)11-9-21)25(29)12-14-26(15-13-25)31-16-17-32-26/h4-11,18,29H,3,12-17H2,1-2H3. The molecule has 168 valence electrons. The second-order valence-corrected chi connectivity index (χ2v) is 8.71. The number of aryl methyl sites for hydroxylation is 1. The normalized spacial score (nSPS) is 19.3. The summed E-state index contributed by atoms with van der Waals surface area (Å²) in [4.78, 5) is 0. The first-order chi connectivity index (χ1) is 15.5. The lowest BCUT2D eigenvalue weighted by atomic mass is 9.79. The average Bonchev–Trinajstić information content (AvgIpc) is 3.50. The lowest BCUT2D eigenvalue weighted by Crippen LogP contribution is -2.42. The first kappa shape index (κ1) is 21.2. The largest absolute Gasteiger partial charge is 0.497 e. The van der Waals surface area contributed by atoms with Gasteiger partial charge in [-0.1, -0.05) is 31.2 Å². The highest BCUT2D eigenvalue weighted by atomic mass is 16.7. The van der Waals surface area contributed by atoms with Crippen LogP contribution in [0, 0.1) is 0 Å². The summed E-state index contributed by atoms with van der Waals surface area (Å²) in [5.74, 6) is 0.270. The third kappa shape index (κ3) is 3.83. The van der Waals surface area contributed by atoms with Crippen LogP contribution in [0.3, 0.4) is 0 Å². The van der Waals surface area contributed by atoms with Gasteiger partial charge in [-0.3, -0.25) is 0 Å². The zero-order valence-electron chi connectivity index (χ0n) is 18.7. The van der Waals surface area contributed by atoms with Gasteiger partial charge in [-0.05, 0) is 55.2 Å². The van der Waals surface area contributed by atoms with E-state index in [1.54, 1.807) is 7.11 Å². The van der Waals surface area contributed by atoms with E-state index in [1.807, 2.05) is 35.0 Å². The molecular weight excluding hydrogens is 404 g/mol. The Balaban J connectivity index is 1.52. The summed E-state index contributed by atoms with van der Waals surface area (Å²) in [7, 11) is 1.66. The summed E-state index contributed by atoms with van der Waals surface area (Å²) >= 11 is 0. The quantitative estimate of drug-likeness (QED) is 0.635. The molecule has 0 amide bonds. The number of nitrogens with zero attached hydrogens (tertiary/aromatic N) is 2. The van der Waals surface area contributed by atoms with Crippen molar-refractivity contribution in [2.75, 3.05) is 20.3 Å². The Morgan fingerprint density at radius 1 is 0.969 bits per heavy atom. The number of methoxy groups -OCH3 is 1. The number of hydrogen-bond acceptors (Lipinski definition) is 5. The topological polar surface area (TPSA) is 65.7 Å². The van der Waals surface area contributed by atoms with E-state index >= 15 is 0 Å². The molecule has 2 aliphatic rings. The third-order valence-electron chi connectivity index (χ3n) is 6.81. The average molecular weight is 435 g/mol. The predicted molar refractivity (Wildman–Crippen MR) is 122 cm³/mol. The number of benzene rings is 2.